The lowest BCUT2D eigenvalue weighted by Gasteiger charge is -2.26. The Labute approximate surface area is 288 Å². The first-order valence-corrected chi connectivity index (χ1v) is 16.0. The Balaban J connectivity index is 1.78. The molecule has 0 fully saturated rings. The number of benzene rings is 1. The molecule has 2 heterocycles. The van der Waals surface area contributed by atoms with E-state index in [2.05, 4.69) is 46.5 Å². The third-order valence-corrected chi connectivity index (χ3v) is 7.45. The van der Waals surface area contributed by atoms with Crippen LogP contribution in [0.25, 0.3) is 0 Å². The second-order valence-corrected chi connectivity index (χ2v) is 12.1. The van der Waals surface area contributed by atoms with Crippen LogP contribution in [0, 0.1) is 5.92 Å². The number of aliphatic hydroxyl groups is 1. The van der Waals surface area contributed by atoms with Crippen LogP contribution in [0.2, 0.25) is 0 Å². The average Bonchev–Trinajstić information content (AvgIpc) is 3.80. The molecule has 3 rings (SSSR count). The summed E-state index contributed by atoms with van der Waals surface area (Å²) in [5.74, 6) is -4.54. The van der Waals surface area contributed by atoms with Gasteiger partial charge in [0.2, 0.25) is 35.4 Å². The van der Waals surface area contributed by atoms with Crippen LogP contribution < -0.4 is 38.1 Å². The van der Waals surface area contributed by atoms with Gasteiger partial charge in [0.25, 0.3) is 0 Å². The number of hydrogen-bond acceptors (Lipinski definition) is 10. The van der Waals surface area contributed by atoms with E-state index in [-0.39, 0.29) is 31.6 Å². The standard InChI is InChI=1S/C32H45N11O7/c1-18(2)8-23(29(47)37-14-27(34)45)40-30(48)24(10-20-12-35-16-38-20)41-31(49)25(11-21-13-36-17-39-21)42-32(50)26(15-44)43-28(46)22(33)9-19-6-4-3-5-7-19/h3-7,12-13,16-18,22-26,44H,8-11,14-15,33H2,1-2H3,(H2,34,45)(H,35,38)(H,36,39)(H,37,47)(H,40,48)(H,41,49)(H,42,50)(H,43,46)/t22-,23-,24-,25-,26-/m0/s1. The molecule has 18 nitrogen and oxygen atoms in total. The molecule has 18 heteroatoms. The number of primary amides is 1. The number of aromatic nitrogens is 4. The van der Waals surface area contributed by atoms with Gasteiger partial charge in [0.1, 0.15) is 24.2 Å². The van der Waals surface area contributed by atoms with Crippen molar-refractivity contribution in [2.24, 2.45) is 17.4 Å². The molecule has 0 aliphatic rings. The van der Waals surface area contributed by atoms with Crippen molar-refractivity contribution in [3.8, 4) is 0 Å². The summed E-state index contributed by atoms with van der Waals surface area (Å²) in [4.78, 5) is 91.3. The van der Waals surface area contributed by atoms with Crippen molar-refractivity contribution in [2.45, 2.75) is 69.7 Å². The van der Waals surface area contributed by atoms with Crippen molar-refractivity contribution in [3.63, 3.8) is 0 Å². The highest BCUT2D eigenvalue weighted by atomic mass is 16.3. The van der Waals surface area contributed by atoms with Gasteiger partial charge in [0, 0.05) is 36.6 Å². The van der Waals surface area contributed by atoms with Gasteiger partial charge in [-0.05, 0) is 24.3 Å². The van der Waals surface area contributed by atoms with Crippen molar-refractivity contribution in [2.75, 3.05) is 13.2 Å². The van der Waals surface area contributed by atoms with Crippen molar-refractivity contribution >= 4 is 35.4 Å². The van der Waals surface area contributed by atoms with Crippen LogP contribution >= 0.6 is 0 Å². The lowest BCUT2D eigenvalue weighted by Crippen LogP contribution is -2.60. The molecule has 0 saturated carbocycles. The zero-order chi connectivity index (χ0) is 36.6. The SMILES string of the molecule is CC(C)C[C@H](NC(=O)[C@H](Cc1cnc[nH]1)NC(=O)[C@H](Cc1cnc[nH]1)NC(=O)[C@H](CO)NC(=O)[C@@H](N)Cc1ccccc1)C(=O)NCC(N)=O. The fraction of sp³-hybridized carbons (Fsp3) is 0.438. The number of aliphatic hydroxyl groups excluding tert-OH is 1. The summed E-state index contributed by atoms with van der Waals surface area (Å²) in [6.07, 6.45) is 5.87. The van der Waals surface area contributed by atoms with Crippen molar-refractivity contribution < 1.29 is 33.9 Å². The summed E-state index contributed by atoms with van der Waals surface area (Å²) < 4.78 is 0. The zero-order valence-corrected chi connectivity index (χ0v) is 27.8. The van der Waals surface area contributed by atoms with E-state index in [0.717, 1.165) is 5.56 Å². The maximum absolute atomic E-state index is 13.8. The summed E-state index contributed by atoms with van der Waals surface area (Å²) in [7, 11) is 0. The van der Waals surface area contributed by atoms with Gasteiger partial charge in [-0.2, -0.15) is 0 Å². The fourth-order valence-electron chi connectivity index (χ4n) is 4.90. The van der Waals surface area contributed by atoms with Crippen LogP contribution in [0.3, 0.4) is 0 Å². The van der Waals surface area contributed by atoms with Crippen LogP contribution in [0.4, 0.5) is 0 Å². The first kappa shape index (κ1) is 38.8. The van der Waals surface area contributed by atoms with E-state index >= 15 is 0 Å². The van der Waals surface area contributed by atoms with Crippen molar-refractivity contribution in [1.29, 1.82) is 0 Å². The number of nitrogens with zero attached hydrogens (tertiary/aromatic N) is 2. The number of nitrogens with two attached hydrogens (primary N) is 2. The van der Waals surface area contributed by atoms with Crippen LogP contribution in [0.5, 0.6) is 0 Å². The summed E-state index contributed by atoms with van der Waals surface area (Å²) in [5, 5.41) is 22.6. The lowest BCUT2D eigenvalue weighted by atomic mass is 10.0. The third-order valence-electron chi connectivity index (χ3n) is 7.45. The molecule has 6 amide bonds. The molecule has 5 atom stereocenters. The van der Waals surface area contributed by atoms with Crippen LogP contribution in [0.15, 0.2) is 55.4 Å². The molecule has 12 N–H and O–H groups in total. The van der Waals surface area contributed by atoms with Gasteiger partial charge >= 0.3 is 0 Å². The maximum Gasteiger partial charge on any atom is 0.245 e. The molecule has 50 heavy (non-hydrogen) atoms. The van der Waals surface area contributed by atoms with Crippen LogP contribution in [-0.4, -0.2) is 104 Å². The Bertz CT molecular complexity index is 1550. The van der Waals surface area contributed by atoms with Crippen molar-refractivity contribution in [1.82, 2.24) is 46.5 Å². The van der Waals surface area contributed by atoms with Gasteiger partial charge in [0.05, 0.1) is 31.8 Å². The van der Waals surface area contributed by atoms with E-state index in [0.29, 0.717) is 11.4 Å². The number of nitrogens with one attached hydrogen (secondary N) is 7. The Morgan fingerprint density at radius 2 is 1.22 bits per heavy atom. The predicted octanol–water partition coefficient (Wildman–Crippen LogP) is -2.93. The second kappa shape index (κ2) is 19.4. The Morgan fingerprint density at radius 1 is 0.720 bits per heavy atom. The smallest absolute Gasteiger partial charge is 0.245 e. The predicted molar refractivity (Wildman–Crippen MR) is 179 cm³/mol. The highest BCUT2D eigenvalue weighted by Gasteiger charge is 2.33. The summed E-state index contributed by atoms with van der Waals surface area (Å²) in [5.41, 5.74) is 12.9. The number of rotatable bonds is 20. The largest absolute Gasteiger partial charge is 0.394 e. The van der Waals surface area contributed by atoms with Gasteiger partial charge in [-0.1, -0.05) is 44.2 Å². The first-order valence-electron chi connectivity index (χ1n) is 16.0. The molecule has 1 aromatic carbocycles. The number of amides is 6. The molecule has 0 unspecified atom stereocenters. The van der Waals surface area contributed by atoms with E-state index in [9.17, 15) is 33.9 Å². The molecular weight excluding hydrogens is 650 g/mol. The minimum absolute atomic E-state index is 0.0397. The topological polar surface area (TPSA) is 292 Å². The molecule has 0 saturated heterocycles. The normalized spacial score (nSPS) is 14.0. The van der Waals surface area contributed by atoms with Gasteiger partial charge in [-0.3, -0.25) is 28.8 Å². The zero-order valence-electron chi connectivity index (χ0n) is 27.8. The molecule has 0 aliphatic carbocycles. The molecule has 0 spiro atoms. The molecule has 0 aliphatic heterocycles. The van der Waals surface area contributed by atoms with Crippen molar-refractivity contribution in [3.05, 3.63) is 72.3 Å². The number of imidazole rings is 2. The molecule has 0 bridgehead atoms. The molecule has 2 aromatic heterocycles. The summed E-state index contributed by atoms with van der Waals surface area (Å²) in [6, 6.07) is 2.86. The monoisotopic (exact) mass is 695 g/mol. The van der Waals surface area contributed by atoms with Crippen LogP contribution in [-0.2, 0) is 48.0 Å². The Morgan fingerprint density at radius 3 is 1.68 bits per heavy atom. The third kappa shape index (κ3) is 12.8. The van der Waals surface area contributed by atoms with E-state index in [4.69, 9.17) is 11.5 Å². The minimum atomic E-state index is -1.46. The van der Waals surface area contributed by atoms with E-state index in [1.807, 2.05) is 19.9 Å². The van der Waals surface area contributed by atoms with Gasteiger partial charge < -0.3 is 53.1 Å². The molecule has 3 aromatic rings. The van der Waals surface area contributed by atoms with E-state index in [1.165, 1.54) is 25.0 Å². The van der Waals surface area contributed by atoms with Crippen LogP contribution in [0.1, 0.15) is 37.2 Å². The maximum atomic E-state index is 13.8. The number of H-pyrrole nitrogens is 2. The van der Waals surface area contributed by atoms with Gasteiger partial charge in [0.15, 0.2) is 0 Å². The first-order chi connectivity index (χ1) is 23.9. The lowest BCUT2D eigenvalue weighted by molar-refractivity contribution is -0.135. The van der Waals surface area contributed by atoms with Gasteiger partial charge in [-0.15, -0.1) is 0 Å². The van der Waals surface area contributed by atoms with E-state index in [1.54, 1.807) is 24.3 Å². The molecule has 270 valence electrons. The summed E-state index contributed by atoms with van der Waals surface area (Å²) >= 11 is 0. The highest BCUT2D eigenvalue weighted by Crippen LogP contribution is 2.09. The fourth-order valence-corrected chi connectivity index (χ4v) is 4.90. The summed E-state index contributed by atoms with van der Waals surface area (Å²) in [6.45, 7) is 2.45. The minimum Gasteiger partial charge on any atom is -0.394 e. The number of hydrogen-bond donors (Lipinski definition) is 10. The highest BCUT2D eigenvalue weighted by molar-refractivity contribution is 5.96. The average molecular weight is 696 g/mol. The molecule has 0 radical (unpaired) electrons. The Kier molecular flexibility index (Phi) is 15.1. The quantitative estimate of drug-likeness (QED) is 0.0574. The second-order valence-electron chi connectivity index (χ2n) is 12.1. The Hall–Kier alpha value is -5.62. The molecular formula is C32H45N11O7. The van der Waals surface area contributed by atoms with E-state index < -0.39 is 78.8 Å². The van der Waals surface area contributed by atoms with Gasteiger partial charge in [-0.25, -0.2) is 9.97 Å². The number of carbonyl (C=O) groups is 6. The number of carbonyl (C=O) groups excluding carboxylic acids is 6. The number of aromatic amines is 2.